The molecule has 0 fully saturated rings. The van der Waals surface area contributed by atoms with Crippen LogP contribution in [0.3, 0.4) is 0 Å². The molecule has 94 valence electrons. The Morgan fingerprint density at radius 1 is 1.32 bits per heavy atom. The van der Waals surface area contributed by atoms with E-state index in [0.717, 1.165) is 16.5 Å². The number of nitrogens with zero attached hydrogens (tertiary/aromatic N) is 2. The van der Waals surface area contributed by atoms with Crippen LogP contribution in [-0.4, -0.2) is 21.0 Å². The molecule has 5 nitrogen and oxygen atoms in total. The fourth-order valence-corrected chi connectivity index (χ4v) is 1.92. The molecule has 0 saturated carbocycles. The summed E-state index contributed by atoms with van der Waals surface area (Å²) in [5, 5.41) is 10.00. The maximum absolute atomic E-state index is 11.1. The van der Waals surface area contributed by atoms with E-state index in [4.69, 9.17) is 9.52 Å². The molecular formula is C14H10N2O3. The summed E-state index contributed by atoms with van der Waals surface area (Å²) < 4.78 is 5.26. The van der Waals surface area contributed by atoms with E-state index in [2.05, 4.69) is 9.97 Å². The number of rotatable bonds is 2. The van der Waals surface area contributed by atoms with E-state index in [0.29, 0.717) is 11.4 Å². The minimum atomic E-state index is -1.07. The number of hydrogen-bond donors (Lipinski definition) is 1. The van der Waals surface area contributed by atoms with Crippen LogP contribution in [0.2, 0.25) is 0 Å². The zero-order valence-corrected chi connectivity index (χ0v) is 10.1. The number of fused-ring (bicyclic) bond motifs is 1. The van der Waals surface area contributed by atoms with E-state index >= 15 is 0 Å². The molecule has 0 spiro atoms. The number of carbonyl (C=O) groups is 1. The van der Waals surface area contributed by atoms with Crippen molar-refractivity contribution in [1.29, 1.82) is 0 Å². The second-order valence-corrected chi connectivity index (χ2v) is 4.17. The SMILES string of the molecule is Cc1ncc(-c2ccc3occc3c2)nc1C(=O)O. The third-order valence-electron chi connectivity index (χ3n) is 2.91. The summed E-state index contributed by atoms with van der Waals surface area (Å²) in [7, 11) is 0. The summed E-state index contributed by atoms with van der Waals surface area (Å²) in [4.78, 5) is 19.3. The first-order valence-corrected chi connectivity index (χ1v) is 5.70. The Morgan fingerprint density at radius 2 is 2.16 bits per heavy atom. The summed E-state index contributed by atoms with van der Waals surface area (Å²) in [6, 6.07) is 7.39. The Bertz CT molecular complexity index is 777. The highest BCUT2D eigenvalue weighted by molar-refractivity contribution is 5.88. The minimum Gasteiger partial charge on any atom is -0.476 e. The van der Waals surface area contributed by atoms with Crippen LogP contribution < -0.4 is 0 Å². The van der Waals surface area contributed by atoms with E-state index < -0.39 is 5.97 Å². The van der Waals surface area contributed by atoms with Gasteiger partial charge in [0.25, 0.3) is 0 Å². The van der Waals surface area contributed by atoms with Crippen molar-refractivity contribution in [3.8, 4) is 11.3 Å². The largest absolute Gasteiger partial charge is 0.476 e. The third kappa shape index (κ3) is 1.95. The van der Waals surface area contributed by atoms with Crippen molar-refractivity contribution in [2.45, 2.75) is 6.92 Å². The van der Waals surface area contributed by atoms with E-state index in [9.17, 15) is 4.79 Å². The molecule has 0 bridgehead atoms. The van der Waals surface area contributed by atoms with Gasteiger partial charge in [-0.3, -0.25) is 4.98 Å². The zero-order chi connectivity index (χ0) is 13.4. The third-order valence-corrected chi connectivity index (χ3v) is 2.91. The molecule has 3 rings (SSSR count). The summed E-state index contributed by atoms with van der Waals surface area (Å²) in [6.45, 7) is 1.62. The Morgan fingerprint density at radius 3 is 2.95 bits per heavy atom. The van der Waals surface area contributed by atoms with E-state index in [1.54, 1.807) is 19.4 Å². The highest BCUT2D eigenvalue weighted by Crippen LogP contribution is 2.23. The van der Waals surface area contributed by atoms with Gasteiger partial charge in [0.05, 0.1) is 23.8 Å². The maximum atomic E-state index is 11.1. The van der Waals surface area contributed by atoms with Crippen LogP contribution in [0.5, 0.6) is 0 Å². The van der Waals surface area contributed by atoms with Crippen molar-refractivity contribution in [3.63, 3.8) is 0 Å². The van der Waals surface area contributed by atoms with Gasteiger partial charge in [-0.2, -0.15) is 0 Å². The quantitative estimate of drug-likeness (QED) is 0.760. The number of carboxylic acid groups (broad SMARTS) is 1. The molecule has 2 aromatic heterocycles. The van der Waals surface area contributed by atoms with E-state index in [1.165, 1.54) is 0 Å². The Labute approximate surface area is 108 Å². The highest BCUT2D eigenvalue weighted by atomic mass is 16.4. The van der Waals surface area contributed by atoms with Crippen LogP contribution in [0.4, 0.5) is 0 Å². The molecular weight excluding hydrogens is 244 g/mol. The van der Waals surface area contributed by atoms with Crippen LogP contribution in [0.25, 0.3) is 22.2 Å². The van der Waals surface area contributed by atoms with Gasteiger partial charge in [-0.05, 0) is 31.2 Å². The molecule has 0 aliphatic carbocycles. The summed E-state index contributed by atoms with van der Waals surface area (Å²) in [6.07, 6.45) is 3.18. The molecule has 0 radical (unpaired) electrons. The second-order valence-electron chi connectivity index (χ2n) is 4.17. The molecule has 1 N–H and O–H groups in total. The molecule has 0 amide bonds. The van der Waals surface area contributed by atoms with Crippen molar-refractivity contribution in [1.82, 2.24) is 9.97 Å². The molecule has 2 heterocycles. The van der Waals surface area contributed by atoms with Crippen LogP contribution in [0, 0.1) is 6.92 Å². The number of aryl methyl sites for hydroxylation is 1. The van der Waals surface area contributed by atoms with Gasteiger partial charge in [0.2, 0.25) is 0 Å². The van der Waals surface area contributed by atoms with Crippen molar-refractivity contribution >= 4 is 16.9 Å². The standard InChI is InChI=1S/C14H10N2O3/c1-8-13(14(17)18)16-11(7-15-8)9-2-3-12-10(6-9)4-5-19-12/h2-7H,1H3,(H,17,18). The smallest absolute Gasteiger partial charge is 0.356 e. The monoisotopic (exact) mass is 254 g/mol. The Kier molecular flexibility index (Phi) is 2.52. The lowest BCUT2D eigenvalue weighted by Crippen LogP contribution is -2.06. The first-order chi connectivity index (χ1) is 9.15. The predicted molar refractivity (Wildman–Crippen MR) is 68.9 cm³/mol. The number of benzene rings is 1. The van der Waals surface area contributed by atoms with Gasteiger partial charge < -0.3 is 9.52 Å². The first-order valence-electron chi connectivity index (χ1n) is 5.70. The van der Waals surface area contributed by atoms with Gasteiger partial charge in [-0.1, -0.05) is 0 Å². The van der Waals surface area contributed by atoms with Crippen molar-refractivity contribution < 1.29 is 14.3 Å². The Hall–Kier alpha value is -2.69. The van der Waals surface area contributed by atoms with Crippen LogP contribution in [0.1, 0.15) is 16.2 Å². The molecule has 1 aromatic carbocycles. The van der Waals surface area contributed by atoms with Gasteiger partial charge in [-0.25, -0.2) is 9.78 Å². The first kappa shape index (κ1) is 11.4. The predicted octanol–water partition coefficient (Wildman–Crippen LogP) is 2.90. The van der Waals surface area contributed by atoms with Gasteiger partial charge in [0.15, 0.2) is 5.69 Å². The Balaban J connectivity index is 2.15. The summed E-state index contributed by atoms with van der Waals surface area (Å²) >= 11 is 0. The molecule has 3 aromatic rings. The summed E-state index contributed by atoms with van der Waals surface area (Å²) in [5.74, 6) is -1.07. The number of furan rings is 1. The fraction of sp³-hybridized carbons (Fsp3) is 0.0714. The molecule has 19 heavy (non-hydrogen) atoms. The van der Waals surface area contributed by atoms with Crippen molar-refractivity contribution in [3.05, 3.63) is 48.1 Å². The number of carboxylic acids is 1. The topological polar surface area (TPSA) is 76.2 Å². The lowest BCUT2D eigenvalue weighted by molar-refractivity contribution is 0.0689. The van der Waals surface area contributed by atoms with Crippen LogP contribution >= 0.6 is 0 Å². The number of aromatic carboxylic acids is 1. The lowest BCUT2D eigenvalue weighted by atomic mass is 10.1. The maximum Gasteiger partial charge on any atom is 0.356 e. The highest BCUT2D eigenvalue weighted by Gasteiger charge is 2.12. The van der Waals surface area contributed by atoms with Gasteiger partial charge in [0, 0.05) is 10.9 Å². The molecule has 0 unspecified atom stereocenters. The normalized spacial score (nSPS) is 10.8. The molecule has 0 aliphatic rings. The van der Waals surface area contributed by atoms with Crippen LogP contribution in [-0.2, 0) is 0 Å². The van der Waals surface area contributed by atoms with Crippen LogP contribution in [0.15, 0.2) is 41.1 Å². The van der Waals surface area contributed by atoms with Crippen molar-refractivity contribution in [2.75, 3.05) is 0 Å². The van der Waals surface area contributed by atoms with Crippen molar-refractivity contribution in [2.24, 2.45) is 0 Å². The number of hydrogen-bond acceptors (Lipinski definition) is 4. The summed E-state index contributed by atoms with van der Waals surface area (Å²) in [5.41, 5.74) is 2.50. The van der Waals surface area contributed by atoms with Gasteiger partial charge >= 0.3 is 5.97 Å². The molecule has 0 saturated heterocycles. The molecule has 0 aliphatic heterocycles. The molecule has 0 atom stereocenters. The van der Waals surface area contributed by atoms with E-state index in [-0.39, 0.29) is 5.69 Å². The zero-order valence-electron chi connectivity index (χ0n) is 10.1. The van der Waals surface area contributed by atoms with E-state index in [1.807, 2.05) is 24.3 Å². The second kappa shape index (κ2) is 4.20. The average molecular weight is 254 g/mol. The van der Waals surface area contributed by atoms with Gasteiger partial charge in [-0.15, -0.1) is 0 Å². The fourth-order valence-electron chi connectivity index (χ4n) is 1.92. The minimum absolute atomic E-state index is 0.0233. The molecule has 5 heteroatoms. The average Bonchev–Trinajstić information content (AvgIpc) is 2.86. The van der Waals surface area contributed by atoms with Gasteiger partial charge in [0.1, 0.15) is 5.58 Å². The lowest BCUT2D eigenvalue weighted by Gasteiger charge is -2.04. The number of aromatic nitrogens is 2.